The van der Waals surface area contributed by atoms with Gasteiger partial charge in [0, 0.05) is 32.4 Å². The zero-order chi connectivity index (χ0) is 15.6. The highest BCUT2D eigenvalue weighted by Crippen LogP contribution is 2.26. The first kappa shape index (κ1) is 16.0. The van der Waals surface area contributed by atoms with E-state index in [2.05, 4.69) is 20.9 Å². The summed E-state index contributed by atoms with van der Waals surface area (Å²) in [6.45, 7) is 3.84. The average Bonchev–Trinajstić information content (AvgIpc) is 2.41. The van der Waals surface area contributed by atoms with Gasteiger partial charge in [0.25, 0.3) is 0 Å². The maximum absolute atomic E-state index is 12.4. The fourth-order valence-corrected chi connectivity index (χ4v) is 3.08. The first-order chi connectivity index (χ1) is 9.92. The summed E-state index contributed by atoms with van der Waals surface area (Å²) in [4.78, 5) is 16.7. The van der Waals surface area contributed by atoms with Crippen molar-refractivity contribution in [2.45, 2.75) is 20.3 Å². The lowest BCUT2D eigenvalue weighted by Crippen LogP contribution is -2.08. The first-order valence-electron chi connectivity index (χ1n) is 6.40. The highest BCUT2D eigenvalue weighted by atomic mass is 79.9. The molecule has 1 aromatic carbocycles. The number of Topliss-reactive ketones (excluding diaryl/α,β-unsaturated/α-hetero) is 1. The van der Waals surface area contributed by atoms with Crippen molar-refractivity contribution in [3.8, 4) is 5.75 Å². The normalized spacial score (nSPS) is 10.5. The molecule has 5 heteroatoms. The van der Waals surface area contributed by atoms with Gasteiger partial charge in [0.05, 0.1) is 19.2 Å². The molecule has 0 N–H and O–H groups in total. The standard InChI is InChI=1S/C16H15BrClNO2/c1-9-8-19-14(10(2)16(9)21-3)7-15(20)11-4-12(17)6-13(18)5-11/h4-6,8H,7H2,1-3H3. The fourth-order valence-electron chi connectivity index (χ4n) is 2.22. The summed E-state index contributed by atoms with van der Waals surface area (Å²) in [5, 5.41) is 0.527. The summed E-state index contributed by atoms with van der Waals surface area (Å²) in [7, 11) is 1.62. The zero-order valence-electron chi connectivity index (χ0n) is 12.0. The highest BCUT2D eigenvalue weighted by molar-refractivity contribution is 9.10. The molecular weight excluding hydrogens is 354 g/mol. The number of carbonyl (C=O) groups excluding carboxylic acids is 1. The van der Waals surface area contributed by atoms with Crippen LogP contribution in [0, 0.1) is 13.8 Å². The van der Waals surface area contributed by atoms with E-state index in [-0.39, 0.29) is 12.2 Å². The largest absolute Gasteiger partial charge is 0.496 e. The Morgan fingerprint density at radius 3 is 2.67 bits per heavy atom. The number of ether oxygens (including phenoxy) is 1. The van der Waals surface area contributed by atoms with Crippen molar-refractivity contribution >= 4 is 33.3 Å². The van der Waals surface area contributed by atoms with Crippen molar-refractivity contribution in [2.24, 2.45) is 0 Å². The van der Waals surface area contributed by atoms with Crippen LogP contribution >= 0.6 is 27.5 Å². The van der Waals surface area contributed by atoms with Gasteiger partial charge in [-0.1, -0.05) is 27.5 Å². The number of pyridine rings is 1. The first-order valence-corrected chi connectivity index (χ1v) is 7.58. The van der Waals surface area contributed by atoms with Gasteiger partial charge in [0.1, 0.15) is 5.75 Å². The number of ketones is 1. The topological polar surface area (TPSA) is 39.2 Å². The van der Waals surface area contributed by atoms with Crippen LogP contribution in [0.1, 0.15) is 27.2 Å². The number of halogens is 2. The van der Waals surface area contributed by atoms with Crippen LogP contribution < -0.4 is 4.74 Å². The molecule has 3 nitrogen and oxygen atoms in total. The minimum Gasteiger partial charge on any atom is -0.496 e. The molecule has 0 saturated carbocycles. The van der Waals surface area contributed by atoms with Gasteiger partial charge in [0.15, 0.2) is 5.78 Å². The monoisotopic (exact) mass is 367 g/mol. The summed E-state index contributed by atoms with van der Waals surface area (Å²) >= 11 is 9.32. The SMILES string of the molecule is COc1c(C)cnc(CC(=O)c2cc(Cl)cc(Br)c2)c1C. The molecule has 0 radical (unpaired) electrons. The van der Waals surface area contributed by atoms with Crippen LogP contribution in [0.5, 0.6) is 5.75 Å². The van der Waals surface area contributed by atoms with Crippen molar-refractivity contribution in [1.82, 2.24) is 4.98 Å². The molecule has 0 fully saturated rings. The van der Waals surface area contributed by atoms with Gasteiger partial charge in [-0.2, -0.15) is 0 Å². The lowest BCUT2D eigenvalue weighted by atomic mass is 10.0. The Morgan fingerprint density at radius 1 is 1.33 bits per heavy atom. The molecule has 110 valence electrons. The number of hydrogen-bond acceptors (Lipinski definition) is 3. The molecular formula is C16H15BrClNO2. The summed E-state index contributed by atoms with van der Waals surface area (Å²) in [5.74, 6) is 0.750. The van der Waals surface area contributed by atoms with Crippen LogP contribution in [-0.4, -0.2) is 17.9 Å². The van der Waals surface area contributed by atoms with E-state index in [1.165, 1.54) is 0 Å². The van der Waals surface area contributed by atoms with E-state index >= 15 is 0 Å². The molecule has 0 aliphatic rings. The molecule has 0 aliphatic heterocycles. The summed E-state index contributed by atoms with van der Waals surface area (Å²) in [6.07, 6.45) is 1.94. The maximum Gasteiger partial charge on any atom is 0.168 e. The molecule has 0 saturated heterocycles. The summed E-state index contributed by atoms with van der Waals surface area (Å²) in [5.41, 5.74) is 3.14. The van der Waals surface area contributed by atoms with Gasteiger partial charge in [-0.05, 0) is 32.0 Å². The molecule has 21 heavy (non-hydrogen) atoms. The molecule has 0 aliphatic carbocycles. The Hall–Kier alpha value is -1.39. The van der Waals surface area contributed by atoms with Gasteiger partial charge >= 0.3 is 0 Å². The number of methoxy groups -OCH3 is 1. The molecule has 0 amide bonds. The molecule has 1 heterocycles. The second kappa shape index (κ2) is 6.58. The van der Waals surface area contributed by atoms with Crippen molar-refractivity contribution in [2.75, 3.05) is 7.11 Å². The Balaban J connectivity index is 2.32. The third kappa shape index (κ3) is 3.63. The second-order valence-electron chi connectivity index (χ2n) is 4.80. The number of aromatic nitrogens is 1. The number of rotatable bonds is 4. The van der Waals surface area contributed by atoms with E-state index in [4.69, 9.17) is 16.3 Å². The van der Waals surface area contributed by atoms with E-state index < -0.39 is 0 Å². The third-order valence-corrected chi connectivity index (χ3v) is 3.94. The minimum absolute atomic E-state index is 0.0280. The molecule has 0 unspecified atom stereocenters. The molecule has 0 bridgehead atoms. The Kier molecular flexibility index (Phi) is 5.01. The van der Waals surface area contributed by atoms with E-state index in [1.807, 2.05) is 13.8 Å². The number of nitrogens with zero attached hydrogens (tertiary/aromatic N) is 1. The van der Waals surface area contributed by atoms with E-state index in [0.29, 0.717) is 10.6 Å². The fraction of sp³-hybridized carbons (Fsp3) is 0.250. The summed E-state index contributed by atoms with van der Waals surface area (Å²) in [6, 6.07) is 5.17. The van der Waals surface area contributed by atoms with Gasteiger partial charge < -0.3 is 4.74 Å². The number of benzene rings is 1. The molecule has 0 spiro atoms. The van der Waals surface area contributed by atoms with Crippen molar-refractivity contribution < 1.29 is 9.53 Å². The van der Waals surface area contributed by atoms with Crippen LogP contribution in [0.15, 0.2) is 28.9 Å². The summed E-state index contributed by atoms with van der Waals surface area (Å²) < 4.78 is 6.14. The maximum atomic E-state index is 12.4. The van der Waals surface area contributed by atoms with E-state index in [1.54, 1.807) is 31.5 Å². The second-order valence-corrected chi connectivity index (χ2v) is 6.16. The van der Waals surface area contributed by atoms with Crippen LogP contribution in [0.25, 0.3) is 0 Å². The van der Waals surface area contributed by atoms with Crippen molar-refractivity contribution in [3.05, 3.63) is 56.3 Å². The van der Waals surface area contributed by atoms with Crippen LogP contribution in [0.2, 0.25) is 5.02 Å². The van der Waals surface area contributed by atoms with Gasteiger partial charge in [-0.3, -0.25) is 9.78 Å². The Labute approximate surface area is 137 Å². The van der Waals surface area contributed by atoms with Gasteiger partial charge in [-0.15, -0.1) is 0 Å². The van der Waals surface area contributed by atoms with E-state index in [0.717, 1.165) is 27.0 Å². The average molecular weight is 369 g/mol. The third-order valence-electron chi connectivity index (χ3n) is 3.26. The number of hydrogen-bond donors (Lipinski definition) is 0. The molecule has 2 rings (SSSR count). The molecule has 2 aromatic rings. The highest BCUT2D eigenvalue weighted by Gasteiger charge is 2.15. The van der Waals surface area contributed by atoms with Crippen LogP contribution in [0.4, 0.5) is 0 Å². The van der Waals surface area contributed by atoms with Gasteiger partial charge in [0.2, 0.25) is 0 Å². The molecule has 0 atom stereocenters. The lowest BCUT2D eigenvalue weighted by molar-refractivity contribution is 0.0991. The van der Waals surface area contributed by atoms with Gasteiger partial charge in [-0.25, -0.2) is 0 Å². The Morgan fingerprint density at radius 2 is 2.05 bits per heavy atom. The number of carbonyl (C=O) groups is 1. The zero-order valence-corrected chi connectivity index (χ0v) is 14.4. The lowest BCUT2D eigenvalue weighted by Gasteiger charge is -2.12. The Bertz CT molecular complexity index is 681. The minimum atomic E-state index is -0.0280. The number of aryl methyl sites for hydroxylation is 1. The van der Waals surface area contributed by atoms with E-state index in [9.17, 15) is 4.79 Å². The van der Waals surface area contributed by atoms with Crippen LogP contribution in [0.3, 0.4) is 0 Å². The van der Waals surface area contributed by atoms with Crippen molar-refractivity contribution in [3.63, 3.8) is 0 Å². The predicted octanol–water partition coefficient (Wildman–Crippen LogP) is 4.55. The quantitative estimate of drug-likeness (QED) is 0.743. The predicted molar refractivity (Wildman–Crippen MR) is 87.4 cm³/mol. The van der Waals surface area contributed by atoms with Crippen LogP contribution in [-0.2, 0) is 6.42 Å². The molecule has 1 aromatic heterocycles. The van der Waals surface area contributed by atoms with Crippen molar-refractivity contribution in [1.29, 1.82) is 0 Å². The smallest absolute Gasteiger partial charge is 0.168 e.